The summed E-state index contributed by atoms with van der Waals surface area (Å²) < 4.78 is 0. The van der Waals surface area contributed by atoms with E-state index < -0.39 is 0 Å². The van der Waals surface area contributed by atoms with E-state index in [-0.39, 0.29) is 17.5 Å². The molecule has 6 nitrogen and oxygen atoms in total. The zero-order chi connectivity index (χ0) is 19.2. The van der Waals surface area contributed by atoms with E-state index in [0.717, 1.165) is 44.7 Å². The Morgan fingerprint density at radius 1 is 1.07 bits per heavy atom. The molecule has 27 heavy (non-hydrogen) atoms. The number of aromatic nitrogens is 1. The number of carbonyl (C=O) groups excluding carboxylic acids is 2. The summed E-state index contributed by atoms with van der Waals surface area (Å²) in [4.78, 5) is 33.2. The van der Waals surface area contributed by atoms with Crippen LogP contribution in [-0.4, -0.2) is 47.9 Å². The molecule has 6 heteroatoms. The molecule has 0 aliphatic carbocycles. The molecule has 1 saturated heterocycles. The second-order valence-corrected chi connectivity index (χ2v) is 6.60. The second-order valence-electron chi connectivity index (χ2n) is 6.60. The smallest absolute Gasteiger partial charge is 0.274 e. The van der Waals surface area contributed by atoms with Gasteiger partial charge in [0, 0.05) is 49.3 Å². The second kappa shape index (κ2) is 8.66. The molecule has 1 aliphatic rings. The Bertz CT molecular complexity index is 794. The molecule has 0 bridgehead atoms. The summed E-state index contributed by atoms with van der Waals surface area (Å²) in [7, 11) is 0. The van der Waals surface area contributed by atoms with Gasteiger partial charge in [-0.3, -0.25) is 14.6 Å². The van der Waals surface area contributed by atoms with Gasteiger partial charge in [-0.15, -0.1) is 0 Å². The zero-order valence-corrected chi connectivity index (χ0v) is 15.9. The summed E-state index contributed by atoms with van der Waals surface area (Å²) in [5, 5.41) is 2.85. The van der Waals surface area contributed by atoms with Crippen molar-refractivity contribution in [2.75, 3.05) is 36.4 Å². The topological polar surface area (TPSA) is 65.5 Å². The van der Waals surface area contributed by atoms with Crippen molar-refractivity contribution < 1.29 is 9.59 Å². The maximum atomic E-state index is 12.5. The molecule has 2 amide bonds. The van der Waals surface area contributed by atoms with Crippen LogP contribution < -0.4 is 10.2 Å². The summed E-state index contributed by atoms with van der Waals surface area (Å²) >= 11 is 0. The molecule has 2 aromatic rings. The molecule has 1 aromatic heterocycles. The van der Waals surface area contributed by atoms with Crippen molar-refractivity contribution in [3.8, 4) is 0 Å². The van der Waals surface area contributed by atoms with Crippen LogP contribution in [0.3, 0.4) is 0 Å². The molecule has 1 fully saturated rings. The Hall–Kier alpha value is -2.89. The minimum Gasteiger partial charge on any atom is -0.372 e. The van der Waals surface area contributed by atoms with Crippen LogP contribution in [-0.2, 0) is 0 Å². The molecule has 2 heterocycles. The summed E-state index contributed by atoms with van der Waals surface area (Å²) in [6.45, 7) is 7.65. The van der Waals surface area contributed by atoms with Crippen LogP contribution in [0.2, 0.25) is 0 Å². The van der Waals surface area contributed by atoms with Crippen molar-refractivity contribution in [1.82, 2.24) is 9.88 Å². The highest BCUT2D eigenvalue weighted by Crippen LogP contribution is 2.18. The van der Waals surface area contributed by atoms with Gasteiger partial charge in [0.2, 0.25) is 0 Å². The first-order valence-corrected chi connectivity index (χ1v) is 9.54. The summed E-state index contributed by atoms with van der Waals surface area (Å²) in [6, 6.07) is 11.0. The molecule has 1 N–H and O–H groups in total. The first-order chi connectivity index (χ1) is 13.1. The fourth-order valence-electron chi connectivity index (χ4n) is 3.33. The highest BCUT2D eigenvalue weighted by molar-refractivity contribution is 6.04. The maximum absolute atomic E-state index is 12.5. The van der Waals surface area contributed by atoms with Crippen LogP contribution in [0, 0.1) is 0 Å². The Labute approximate surface area is 160 Å². The van der Waals surface area contributed by atoms with Crippen molar-refractivity contribution in [2.45, 2.75) is 26.7 Å². The fourth-order valence-corrected chi connectivity index (χ4v) is 3.33. The highest BCUT2D eigenvalue weighted by atomic mass is 16.2. The number of anilines is 2. The number of benzene rings is 1. The summed E-state index contributed by atoms with van der Waals surface area (Å²) in [5.41, 5.74) is 2.57. The number of nitrogens with one attached hydrogen (secondary N) is 1. The zero-order valence-electron chi connectivity index (χ0n) is 15.9. The van der Waals surface area contributed by atoms with E-state index in [2.05, 4.69) is 29.0 Å². The minimum atomic E-state index is -0.318. The van der Waals surface area contributed by atoms with Crippen LogP contribution >= 0.6 is 0 Å². The summed E-state index contributed by atoms with van der Waals surface area (Å²) in [6.07, 6.45) is 3.59. The third-order valence-corrected chi connectivity index (χ3v) is 4.89. The Kier molecular flexibility index (Phi) is 6.06. The number of pyridine rings is 1. The number of hydrogen-bond donors (Lipinski definition) is 1. The predicted octanol–water partition coefficient (Wildman–Crippen LogP) is 3.42. The monoisotopic (exact) mass is 366 g/mol. The first kappa shape index (κ1) is 18.9. The van der Waals surface area contributed by atoms with Crippen molar-refractivity contribution in [3.05, 3.63) is 53.9 Å². The van der Waals surface area contributed by atoms with Crippen LogP contribution in [0.1, 0.15) is 47.5 Å². The fraction of sp³-hybridized carbons (Fsp3) is 0.381. The van der Waals surface area contributed by atoms with Crippen LogP contribution in [0.25, 0.3) is 0 Å². The summed E-state index contributed by atoms with van der Waals surface area (Å²) in [5.74, 6) is -0.353. The lowest BCUT2D eigenvalue weighted by atomic mass is 10.2. The number of carbonyl (C=O) groups is 2. The number of nitrogens with zero attached hydrogens (tertiary/aromatic N) is 3. The van der Waals surface area contributed by atoms with Gasteiger partial charge in [0.25, 0.3) is 11.8 Å². The molecule has 1 aromatic carbocycles. The van der Waals surface area contributed by atoms with Crippen molar-refractivity contribution in [2.24, 2.45) is 0 Å². The van der Waals surface area contributed by atoms with Crippen LogP contribution in [0.5, 0.6) is 0 Å². The standard InChI is InChI=1S/C21H26N4O2/c1-3-24(4-2)18-9-7-17(8-10-18)23-20(26)19-15-16(11-12-22-19)21(27)25-13-5-6-14-25/h7-12,15H,3-6,13-14H2,1-2H3,(H,23,26). The molecular formula is C21H26N4O2. The Morgan fingerprint density at radius 3 is 2.37 bits per heavy atom. The number of rotatable bonds is 6. The van der Waals surface area contributed by atoms with E-state index in [4.69, 9.17) is 0 Å². The molecule has 3 rings (SSSR count). The van der Waals surface area contributed by atoms with Crippen molar-refractivity contribution in [1.29, 1.82) is 0 Å². The largest absolute Gasteiger partial charge is 0.372 e. The maximum Gasteiger partial charge on any atom is 0.274 e. The van der Waals surface area contributed by atoms with Gasteiger partial charge in [-0.25, -0.2) is 0 Å². The highest BCUT2D eigenvalue weighted by Gasteiger charge is 2.20. The van der Waals surface area contributed by atoms with Gasteiger partial charge >= 0.3 is 0 Å². The molecule has 1 aliphatic heterocycles. The quantitative estimate of drug-likeness (QED) is 0.851. The predicted molar refractivity (Wildman–Crippen MR) is 107 cm³/mol. The van der Waals surface area contributed by atoms with Gasteiger partial charge in [0.05, 0.1) is 0 Å². The molecular weight excluding hydrogens is 340 g/mol. The average Bonchev–Trinajstić information content (AvgIpc) is 3.24. The van der Waals surface area contributed by atoms with Crippen molar-refractivity contribution in [3.63, 3.8) is 0 Å². The van der Waals surface area contributed by atoms with Crippen molar-refractivity contribution >= 4 is 23.2 Å². The third-order valence-electron chi connectivity index (χ3n) is 4.89. The van der Waals surface area contributed by atoms with Gasteiger partial charge in [0.15, 0.2) is 0 Å². The van der Waals surface area contributed by atoms with E-state index in [0.29, 0.717) is 11.3 Å². The van der Waals surface area contributed by atoms with Gasteiger partial charge in [0.1, 0.15) is 5.69 Å². The molecule has 0 saturated carbocycles. The van der Waals surface area contributed by atoms with Gasteiger partial charge < -0.3 is 15.1 Å². The minimum absolute atomic E-state index is 0.0347. The van der Waals surface area contributed by atoms with E-state index in [9.17, 15) is 9.59 Å². The number of hydrogen-bond acceptors (Lipinski definition) is 4. The number of likely N-dealkylation sites (tertiary alicyclic amines) is 1. The van der Waals surface area contributed by atoms with Crippen LogP contribution in [0.4, 0.5) is 11.4 Å². The van der Waals surface area contributed by atoms with E-state index in [1.54, 1.807) is 12.1 Å². The molecule has 142 valence electrons. The van der Waals surface area contributed by atoms with E-state index >= 15 is 0 Å². The lowest BCUT2D eigenvalue weighted by Crippen LogP contribution is -2.28. The first-order valence-electron chi connectivity index (χ1n) is 9.54. The van der Waals surface area contributed by atoms with Gasteiger partial charge in [-0.2, -0.15) is 0 Å². The van der Waals surface area contributed by atoms with Gasteiger partial charge in [-0.1, -0.05) is 0 Å². The molecule has 0 unspecified atom stereocenters. The van der Waals surface area contributed by atoms with Gasteiger partial charge in [-0.05, 0) is 63.1 Å². The van der Waals surface area contributed by atoms with Crippen LogP contribution in [0.15, 0.2) is 42.6 Å². The van der Waals surface area contributed by atoms with E-state index in [1.165, 1.54) is 6.20 Å². The Balaban J connectivity index is 1.69. The lowest BCUT2D eigenvalue weighted by molar-refractivity contribution is 0.0792. The number of amides is 2. The lowest BCUT2D eigenvalue weighted by Gasteiger charge is -2.21. The molecule has 0 spiro atoms. The molecule has 0 radical (unpaired) electrons. The Morgan fingerprint density at radius 2 is 1.74 bits per heavy atom. The third kappa shape index (κ3) is 4.45. The van der Waals surface area contributed by atoms with E-state index in [1.807, 2.05) is 29.2 Å². The normalized spacial score (nSPS) is 13.5. The average molecular weight is 366 g/mol. The molecule has 0 atom stereocenters. The SMILES string of the molecule is CCN(CC)c1ccc(NC(=O)c2cc(C(=O)N3CCCC3)ccn2)cc1.